The normalized spacial score (nSPS) is 17.0. The number of aromatic nitrogens is 4. The zero-order valence-corrected chi connectivity index (χ0v) is 11.9. The van der Waals surface area contributed by atoms with Gasteiger partial charge < -0.3 is 10.1 Å². The summed E-state index contributed by atoms with van der Waals surface area (Å²) < 4.78 is 2.88. The van der Waals surface area contributed by atoms with Gasteiger partial charge in [-0.05, 0) is 35.2 Å². The van der Waals surface area contributed by atoms with E-state index in [0.29, 0.717) is 16.8 Å². The highest BCUT2D eigenvalue weighted by molar-refractivity contribution is 9.10. The van der Waals surface area contributed by atoms with Gasteiger partial charge >= 0.3 is 5.69 Å². The third-order valence-corrected chi connectivity index (χ3v) is 3.95. The average Bonchev–Trinajstić information content (AvgIpc) is 2.95. The lowest BCUT2D eigenvalue weighted by atomic mass is 10.2. The zero-order chi connectivity index (χ0) is 13.8. The first-order chi connectivity index (χ1) is 8.91. The predicted octanol–water partition coefficient (Wildman–Crippen LogP) is 0.101. The molecule has 3 rings (SSSR count). The molecule has 1 fully saturated rings. The van der Waals surface area contributed by atoms with E-state index in [0.717, 1.165) is 17.4 Å². The summed E-state index contributed by atoms with van der Waals surface area (Å²) >= 11 is 3.15. The van der Waals surface area contributed by atoms with Crippen molar-refractivity contribution in [3.8, 4) is 0 Å². The molecule has 0 aromatic carbocycles. The van der Waals surface area contributed by atoms with Gasteiger partial charge in [-0.2, -0.15) is 0 Å². The van der Waals surface area contributed by atoms with Crippen LogP contribution in [0.2, 0.25) is 0 Å². The third kappa shape index (κ3) is 2.04. The second-order valence-electron chi connectivity index (χ2n) is 5.00. The van der Waals surface area contributed by atoms with Gasteiger partial charge in [0, 0.05) is 13.6 Å². The fourth-order valence-corrected chi connectivity index (χ4v) is 2.50. The Hall–Kier alpha value is -1.41. The van der Waals surface area contributed by atoms with E-state index < -0.39 is 16.9 Å². The number of rotatable bonds is 3. The summed E-state index contributed by atoms with van der Waals surface area (Å²) in [5.74, 6) is 0. The summed E-state index contributed by atoms with van der Waals surface area (Å²) in [6.45, 7) is 0.217. The molecule has 0 unspecified atom stereocenters. The largest absolute Gasteiger partial charge is 0.390 e. The van der Waals surface area contributed by atoms with E-state index in [1.165, 1.54) is 4.57 Å². The van der Waals surface area contributed by atoms with Gasteiger partial charge in [0.2, 0.25) is 0 Å². The van der Waals surface area contributed by atoms with E-state index in [9.17, 15) is 14.7 Å². The number of aryl methyl sites for hydroxylation is 1. The Morgan fingerprint density at radius 1 is 1.47 bits per heavy atom. The Balaban J connectivity index is 2.13. The SMILES string of the molecule is Cn1c(=O)n(CCC2(O)CC2)c(=O)c2[nH]c(Br)nc21. The molecule has 8 heteroatoms. The second kappa shape index (κ2) is 4.04. The highest BCUT2D eigenvalue weighted by atomic mass is 79.9. The molecule has 2 N–H and O–H groups in total. The number of hydrogen-bond acceptors (Lipinski definition) is 4. The van der Waals surface area contributed by atoms with Crippen molar-refractivity contribution in [1.29, 1.82) is 0 Å². The molecule has 2 aromatic heterocycles. The van der Waals surface area contributed by atoms with Crippen molar-refractivity contribution in [2.75, 3.05) is 0 Å². The maximum Gasteiger partial charge on any atom is 0.332 e. The van der Waals surface area contributed by atoms with Crippen LogP contribution in [0.5, 0.6) is 0 Å². The van der Waals surface area contributed by atoms with Crippen molar-refractivity contribution in [3.63, 3.8) is 0 Å². The third-order valence-electron chi connectivity index (χ3n) is 3.58. The number of H-pyrrole nitrogens is 1. The topological polar surface area (TPSA) is 92.9 Å². The number of hydrogen-bond donors (Lipinski definition) is 2. The summed E-state index contributed by atoms with van der Waals surface area (Å²) in [5.41, 5.74) is -0.894. The van der Waals surface area contributed by atoms with Crippen LogP contribution in [0.1, 0.15) is 19.3 Å². The van der Waals surface area contributed by atoms with Crippen molar-refractivity contribution < 1.29 is 5.11 Å². The molecule has 102 valence electrons. The van der Waals surface area contributed by atoms with Gasteiger partial charge in [0.25, 0.3) is 5.56 Å². The Kier molecular flexibility index (Phi) is 2.68. The number of halogens is 1. The number of aromatic amines is 1. The van der Waals surface area contributed by atoms with Crippen LogP contribution in [0.15, 0.2) is 14.3 Å². The first-order valence-corrected chi connectivity index (χ1v) is 6.78. The standard InChI is InChI=1S/C11H13BrN4O3/c1-15-7-6(13-9(12)14-7)8(17)16(10(15)18)5-4-11(19)2-3-11/h19H,2-5H2,1H3,(H,13,14). The van der Waals surface area contributed by atoms with E-state index in [-0.39, 0.29) is 12.1 Å². The fraction of sp³-hybridized carbons (Fsp3) is 0.545. The summed E-state index contributed by atoms with van der Waals surface area (Å²) in [6, 6.07) is 0. The zero-order valence-electron chi connectivity index (χ0n) is 10.3. The van der Waals surface area contributed by atoms with Crippen molar-refractivity contribution in [1.82, 2.24) is 19.1 Å². The maximum atomic E-state index is 12.2. The molecule has 0 spiro atoms. The van der Waals surface area contributed by atoms with E-state index >= 15 is 0 Å². The van der Waals surface area contributed by atoms with Gasteiger partial charge in [-0.15, -0.1) is 0 Å². The molecule has 2 heterocycles. The van der Waals surface area contributed by atoms with Crippen LogP contribution in [-0.4, -0.2) is 29.8 Å². The van der Waals surface area contributed by atoms with Crippen molar-refractivity contribution in [3.05, 3.63) is 25.6 Å². The van der Waals surface area contributed by atoms with Gasteiger partial charge in [-0.25, -0.2) is 9.78 Å². The fourth-order valence-electron chi connectivity index (χ4n) is 2.13. The Morgan fingerprint density at radius 3 is 2.79 bits per heavy atom. The van der Waals surface area contributed by atoms with Gasteiger partial charge in [-0.1, -0.05) is 0 Å². The van der Waals surface area contributed by atoms with Gasteiger partial charge in [0.05, 0.1) is 5.60 Å². The molecule has 0 aliphatic heterocycles. The summed E-state index contributed by atoms with van der Waals surface area (Å²) in [6.07, 6.45) is 1.89. The highest BCUT2D eigenvalue weighted by Gasteiger charge is 2.39. The lowest BCUT2D eigenvalue weighted by Crippen LogP contribution is -2.40. The monoisotopic (exact) mass is 328 g/mol. The van der Waals surface area contributed by atoms with E-state index in [1.807, 2.05) is 0 Å². The maximum absolute atomic E-state index is 12.2. The van der Waals surface area contributed by atoms with Crippen LogP contribution in [0.25, 0.3) is 11.2 Å². The number of fused-ring (bicyclic) bond motifs is 1. The van der Waals surface area contributed by atoms with Gasteiger partial charge in [0.1, 0.15) is 0 Å². The van der Waals surface area contributed by atoms with Crippen LogP contribution in [0.3, 0.4) is 0 Å². The molecule has 1 aliphatic rings. The Morgan fingerprint density at radius 2 is 2.16 bits per heavy atom. The van der Waals surface area contributed by atoms with Gasteiger partial charge in [0.15, 0.2) is 15.9 Å². The molecule has 0 bridgehead atoms. The van der Waals surface area contributed by atoms with E-state index in [2.05, 4.69) is 25.9 Å². The quantitative estimate of drug-likeness (QED) is 0.781. The minimum atomic E-state index is -0.687. The molecule has 0 saturated heterocycles. The number of aliphatic hydroxyl groups is 1. The second-order valence-corrected chi connectivity index (χ2v) is 5.75. The number of nitrogens with one attached hydrogen (secondary N) is 1. The Bertz CT molecular complexity index is 769. The Labute approximate surface area is 116 Å². The minimum absolute atomic E-state index is 0.217. The molecule has 0 radical (unpaired) electrons. The number of nitrogens with zero attached hydrogens (tertiary/aromatic N) is 3. The van der Waals surface area contributed by atoms with Crippen LogP contribution < -0.4 is 11.2 Å². The molecule has 0 amide bonds. The molecular weight excluding hydrogens is 316 g/mol. The molecule has 19 heavy (non-hydrogen) atoms. The lowest BCUT2D eigenvalue weighted by Gasteiger charge is -2.10. The molecule has 0 atom stereocenters. The molecule has 7 nitrogen and oxygen atoms in total. The van der Waals surface area contributed by atoms with Crippen molar-refractivity contribution in [2.24, 2.45) is 7.05 Å². The van der Waals surface area contributed by atoms with E-state index in [1.54, 1.807) is 7.05 Å². The number of imidazole rings is 1. The van der Waals surface area contributed by atoms with E-state index in [4.69, 9.17) is 0 Å². The first kappa shape index (κ1) is 12.6. The summed E-state index contributed by atoms with van der Waals surface area (Å²) in [5, 5.41) is 9.81. The van der Waals surface area contributed by atoms with Crippen LogP contribution in [0.4, 0.5) is 0 Å². The molecular formula is C11H13BrN4O3. The van der Waals surface area contributed by atoms with Crippen LogP contribution in [0, 0.1) is 0 Å². The molecule has 1 aliphatic carbocycles. The minimum Gasteiger partial charge on any atom is -0.390 e. The van der Waals surface area contributed by atoms with Crippen molar-refractivity contribution in [2.45, 2.75) is 31.4 Å². The highest BCUT2D eigenvalue weighted by Crippen LogP contribution is 2.38. The summed E-state index contributed by atoms with van der Waals surface area (Å²) in [4.78, 5) is 31.2. The average molecular weight is 329 g/mol. The first-order valence-electron chi connectivity index (χ1n) is 5.99. The predicted molar refractivity (Wildman–Crippen MR) is 72.1 cm³/mol. The van der Waals surface area contributed by atoms with Gasteiger partial charge in [-0.3, -0.25) is 13.9 Å². The van der Waals surface area contributed by atoms with Crippen molar-refractivity contribution >= 4 is 27.1 Å². The van der Waals surface area contributed by atoms with Crippen LogP contribution >= 0.6 is 15.9 Å². The summed E-state index contributed by atoms with van der Waals surface area (Å²) in [7, 11) is 1.57. The smallest absolute Gasteiger partial charge is 0.332 e. The molecule has 1 saturated carbocycles. The molecule has 2 aromatic rings. The van der Waals surface area contributed by atoms with Crippen LogP contribution in [-0.2, 0) is 13.6 Å². The lowest BCUT2D eigenvalue weighted by molar-refractivity contribution is 0.133.